The Morgan fingerprint density at radius 1 is 1.32 bits per heavy atom. The summed E-state index contributed by atoms with van der Waals surface area (Å²) in [4.78, 5) is 2.34. The molecular formula is C15H24ClFN2. The van der Waals surface area contributed by atoms with E-state index in [0.717, 1.165) is 25.1 Å². The van der Waals surface area contributed by atoms with Crippen LogP contribution < -0.4 is 5.32 Å². The molecule has 108 valence electrons. The Morgan fingerprint density at radius 2 is 2.05 bits per heavy atom. The summed E-state index contributed by atoms with van der Waals surface area (Å²) in [5, 5.41) is 3.92. The van der Waals surface area contributed by atoms with Gasteiger partial charge < -0.3 is 10.2 Å². The number of hydrogen-bond acceptors (Lipinski definition) is 2. The van der Waals surface area contributed by atoms with Crippen LogP contribution in [0.1, 0.15) is 32.3 Å². The van der Waals surface area contributed by atoms with Crippen molar-refractivity contribution < 1.29 is 4.39 Å². The van der Waals surface area contributed by atoms with Crippen LogP contribution >= 0.6 is 11.6 Å². The van der Waals surface area contributed by atoms with Crippen molar-refractivity contribution in [3.8, 4) is 0 Å². The number of rotatable bonds is 8. The maximum absolute atomic E-state index is 13.0. The average Bonchev–Trinajstić information content (AvgIpc) is 2.37. The molecule has 0 radical (unpaired) electrons. The van der Waals surface area contributed by atoms with Crippen molar-refractivity contribution in [1.82, 2.24) is 10.2 Å². The molecule has 0 atom stereocenters. The molecule has 1 aromatic carbocycles. The molecule has 1 rings (SSSR count). The monoisotopic (exact) mass is 286 g/mol. The van der Waals surface area contributed by atoms with Crippen LogP contribution in [0.25, 0.3) is 0 Å². The Bertz CT molecular complexity index is 382. The summed E-state index contributed by atoms with van der Waals surface area (Å²) in [5.41, 5.74) is 0.820. The van der Waals surface area contributed by atoms with Crippen LogP contribution in [0.2, 0.25) is 5.02 Å². The van der Waals surface area contributed by atoms with Gasteiger partial charge in [-0.3, -0.25) is 0 Å². The van der Waals surface area contributed by atoms with Crippen LogP contribution in [-0.4, -0.2) is 31.1 Å². The molecule has 0 aromatic heterocycles. The molecule has 2 nitrogen and oxygen atoms in total. The molecule has 0 aliphatic heterocycles. The fourth-order valence-electron chi connectivity index (χ4n) is 1.77. The largest absolute Gasteiger partial charge is 0.313 e. The highest BCUT2D eigenvalue weighted by Gasteiger charge is 2.03. The molecule has 0 aliphatic carbocycles. The zero-order valence-corrected chi connectivity index (χ0v) is 12.8. The lowest BCUT2D eigenvalue weighted by Gasteiger charge is -2.20. The molecule has 1 N–H and O–H groups in total. The predicted molar refractivity (Wildman–Crippen MR) is 80.1 cm³/mol. The Balaban J connectivity index is 2.16. The first kappa shape index (κ1) is 16.4. The average molecular weight is 287 g/mol. The van der Waals surface area contributed by atoms with Crippen LogP contribution in [0.4, 0.5) is 4.39 Å². The summed E-state index contributed by atoms with van der Waals surface area (Å²) < 4.78 is 13.0. The Morgan fingerprint density at radius 3 is 2.74 bits per heavy atom. The Labute approximate surface area is 120 Å². The molecular weight excluding hydrogens is 263 g/mol. The van der Waals surface area contributed by atoms with Crippen LogP contribution in [0.5, 0.6) is 0 Å². The zero-order valence-electron chi connectivity index (χ0n) is 12.0. The lowest BCUT2D eigenvalue weighted by Crippen LogP contribution is -2.27. The van der Waals surface area contributed by atoms with E-state index in [-0.39, 0.29) is 5.82 Å². The number of halogens is 2. The van der Waals surface area contributed by atoms with E-state index in [1.165, 1.54) is 18.6 Å². The van der Waals surface area contributed by atoms with Crippen molar-refractivity contribution in [3.63, 3.8) is 0 Å². The third-order valence-electron chi connectivity index (χ3n) is 3.32. The highest BCUT2D eigenvalue weighted by molar-refractivity contribution is 6.31. The smallest absolute Gasteiger partial charge is 0.123 e. The van der Waals surface area contributed by atoms with Crippen molar-refractivity contribution >= 4 is 11.6 Å². The van der Waals surface area contributed by atoms with Crippen molar-refractivity contribution in [1.29, 1.82) is 0 Å². The van der Waals surface area contributed by atoms with Gasteiger partial charge in [-0.25, -0.2) is 4.39 Å². The molecule has 0 spiro atoms. The van der Waals surface area contributed by atoms with Gasteiger partial charge in [0.25, 0.3) is 0 Å². The van der Waals surface area contributed by atoms with Crippen molar-refractivity contribution in [2.45, 2.75) is 39.3 Å². The number of unbranched alkanes of at least 4 members (excludes halogenated alkanes) is 1. The fourth-order valence-corrected chi connectivity index (χ4v) is 1.96. The van der Waals surface area contributed by atoms with Crippen molar-refractivity contribution in [2.75, 3.05) is 20.1 Å². The molecule has 0 heterocycles. The molecule has 0 saturated heterocycles. The predicted octanol–water partition coefficient (Wildman–Crippen LogP) is 3.69. The fraction of sp³-hybridized carbons (Fsp3) is 0.600. The first-order valence-corrected chi connectivity index (χ1v) is 7.23. The SMILES string of the molecule is CC(C)N(C)CCCCNCc1cc(F)ccc1Cl. The molecule has 19 heavy (non-hydrogen) atoms. The molecule has 0 aliphatic rings. The van der Waals surface area contributed by atoms with Gasteiger partial charge in [-0.2, -0.15) is 0 Å². The van der Waals surface area contributed by atoms with Gasteiger partial charge in [-0.15, -0.1) is 0 Å². The summed E-state index contributed by atoms with van der Waals surface area (Å²) >= 11 is 6.00. The number of hydrogen-bond donors (Lipinski definition) is 1. The van der Waals surface area contributed by atoms with E-state index < -0.39 is 0 Å². The van der Waals surface area contributed by atoms with E-state index in [2.05, 4.69) is 31.1 Å². The van der Waals surface area contributed by atoms with Crippen molar-refractivity contribution in [2.24, 2.45) is 0 Å². The maximum Gasteiger partial charge on any atom is 0.123 e. The summed E-state index contributed by atoms with van der Waals surface area (Å²) in [6.45, 7) is 7.06. The second kappa shape index (κ2) is 8.51. The van der Waals surface area contributed by atoms with Crippen LogP contribution in [0, 0.1) is 5.82 Å². The first-order chi connectivity index (χ1) is 9.00. The lowest BCUT2D eigenvalue weighted by molar-refractivity contribution is 0.268. The quantitative estimate of drug-likeness (QED) is 0.733. The van der Waals surface area contributed by atoms with Crippen LogP contribution in [0.15, 0.2) is 18.2 Å². The molecule has 0 saturated carbocycles. The maximum atomic E-state index is 13.0. The minimum absolute atomic E-state index is 0.236. The van der Waals surface area contributed by atoms with E-state index in [0.29, 0.717) is 17.6 Å². The second-order valence-electron chi connectivity index (χ2n) is 5.19. The standard InChI is InChI=1S/C15H24ClFN2/c1-12(2)19(3)9-5-4-8-18-11-13-10-14(17)6-7-15(13)16/h6-7,10,12,18H,4-5,8-9,11H2,1-3H3. The molecule has 1 aromatic rings. The van der Waals surface area contributed by atoms with E-state index in [1.807, 2.05) is 0 Å². The third-order valence-corrected chi connectivity index (χ3v) is 3.69. The number of nitrogens with zero attached hydrogens (tertiary/aromatic N) is 1. The normalized spacial score (nSPS) is 11.5. The van der Waals surface area contributed by atoms with Gasteiger partial charge in [0.2, 0.25) is 0 Å². The zero-order chi connectivity index (χ0) is 14.3. The summed E-state index contributed by atoms with van der Waals surface area (Å²) in [7, 11) is 2.14. The summed E-state index contributed by atoms with van der Waals surface area (Å²) in [5.74, 6) is -0.236. The van der Waals surface area contributed by atoms with E-state index in [9.17, 15) is 4.39 Å². The van der Waals surface area contributed by atoms with Gasteiger partial charge >= 0.3 is 0 Å². The van der Waals surface area contributed by atoms with Crippen LogP contribution in [0.3, 0.4) is 0 Å². The van der Waals surface area contributed by atoms with Gasteiger partial charge in [0.1, 0.15) is 5.82 Å². The molecule has 0 bridgehead atoms. The Hall–Kier alpha value is -0.640. The number of nitrogens with one attached hydrogen (secondary N) is 1. The summed E-state index contributed by atoms with van der Waals surface area (Å²) in [6.07, 6.45) is 2.28. The van der Waals surface area contributed by atoms with Gasteiger partial charge in [0.15, 0.2) is 0 Å². The van der Waals surface area contributed by atoms with E-state index in [4.69, 9.17) is 11.6 Å². The van der Waals surface area contributed by atoms with Crippen LogP contribution in [-0.2, 0) is 6.54 Å². The molecule has 0 amide bonds. The van der Waals surface area contributed by atoms with Gasteiger partial charge in [0, 0.05) is 17.6 Å². The minimum Gasteiger partial charge on any atom is -0.313 e. The third kappa shape index (κ3) is 6.37. The Kier molecular flexibility index (Phi) is 7.36. The second-order valence-corrected chi connectivity index (χ2v) is 5.60. The van der Waals surface area contributed by atoms with E-state index >= 15 is 0 Å². The first-order valence-electron chi connectivity index (χ1n) is 6.85. The number of benzene rings is 1. The van der Waals surface area contributed by atoms with Gasteiger partial charge in [0.05, 0.1) is 0 Å². The molecule has 0 fully saturated rings. The van der Waals surface area contributed by atoms with E-state index in [1.54, 1.807) is 6.07 Å². The van der Waals surface area contributed by atoms with Gasteiger partial charge in [-0.1, -0.05) is 11.6 Å². The summed E-state index contributed by atoms with van der Waals surface area (Å²) in [6, 6.07) is 5.07. The highest BCUT2D eigenvalue weighted by Crippen LogP contribution is 2.16. The lowest BCUT2D eigenvalue weighted by atomic mass is 10.2. The minimum atomic E-state index is -0.236. The highest BCUT2D eigenvalue weighted by atomic mass is 35.5. The molecule has 4 heteroatoms. The topological polar surface area (TPSA) is 15.3 Å². The molecule has 0 unspecified atom stereocenters. The van der Waals surface area contributed by atoms with Gasteiger partial charge in [-0.05, 0) is 70.6 Å². The van der Waals surface area contributed by atoms with Crippen molar-refractivity contribution in [3.05, 3.63) is 34.6 Å².